The van der Waals surface area contributed by atoms with Gasteiger partial charge in [-0.05, 0) is 56.9 Å². The van der Waals surface area contributed by atoms with E-state index in [2.05, 4.69) is 66.8 Å². The van der Waals surface area contributed by atoms with Crippen LogP contribution in [0.2, 0.25) is 0 Å². The Balaban J connectivity index is 0.00000176. The van der Waals surface area contributed by atoms with Crippen molar-refractivity contribution in [3.05, 3.63) is 48.2 Å². The van der Waals surface area contributed by atoms with Gasteiger partial charge in [0.15, 0.2) is 0 Å². The highest BCUT2D eigenvalue weighted by Gasteiger charge is 2.30. The van der Waals surface area contributed by atoms with Crippen molar-refractivity contribution in [3.8, 4) is 0 Å². The summed E-state index contributed by atoms with van der Waals surface area (Å²) < 4.78 is 1.94. The molecule has 1 aliphatic rings. The van der Waals surface area contributed by atoms with Crippen molar-refractivity contribution < 1.29 is 0 Å². The maximum atomic E-state index is 6.18. The van der Waals surface area contributed by atoms with E-state index >= 15 is 0 Å². The van der Waals surface area contributed by atoms with Gasteiger partial charge in [-0.25, -0.2) is 4.68 Å². The van der Waals surface area contributed by atoms with Gasteiger partial charge in [-0.1, -0.05) is 65.5 Å². The average Bonchev–Trinajstić information content (AvgIpc) is 3.19. The van der Waals surface area contributed by atoms with E-state index in [9.17, 15) is 0 Å². The fraction of sp³-hybridized carbons (Fsp3) is 0.625. The first-order valence-electron chi connectivity index (χ1n) is 10.3. The van der Waals surface area contributed by atoms with Crippen molar-refractivity contribution >= 4 is 5.82 Å². The Morgan fingerprint density at radius 1 is 1.19 bits per heavy atom. The molecule has 3 heteroatoms. The highest BCUT2D eigenvalue weighted by atomic mass is 15.3. The third kappa shape index (κ3) is 5.85. The summed E-state index contributed by atoms with van der Waals surface area (Å²) in [6.07, 6.45) is 7.61. The lowest BCUT2D eigenvalue weighted by molar-refractivity contribution is 0.357. The molecule has 0 radical (unpaired) electrons. The molecule has 1 fully saturated rings. The summed E-state index contributed by atoms with van der Waals surface area (Å²) >= 11 is 0. The van der Waals surface area contributed by atoms with Crippen LogP contribution < -0.4 is 5.73 Å². The van der Waals surface area contributed by atoms with E-state index in [1.54, 1.807) is 0 Å². The number of rotatable bonds is 4. The second-order valence-electron chi connectivity index (χ2n) is 9.41. The number of aromatic nitrogens is 2. The van der Waals surface area contributed by atoms with E-state index in [0.717, 1.165) is 30.8 Å². The average molecular weight is 372 g/mol. The van der Waals surface area contributed by atoms with Gasteiger partial charge < -0.3 is 5.73 Å². The third-order valence-electron chi connectivity index (χ3n) is 5.19. The number of hydrogen-bond donors (Lipinski definition) is 1. The lowest BCUT2D eigenvalue weighted by Gasteiger charge is -2.22. The van der Waals surface area contributed by atoms with Crippen molar-refractivity contribution in [2.24, 2.45) is 11.3 Å². The van der Waals surface area contributed by atoms with Crippen LogP contribution in [0.3, 0.4) is 0 Å². The predicted molar refractivity (Wildman–Crippen MR) is 120 cm³/mol. The fourth-order valence-corrected chi connectivity index (χ4v) is 3.64. The normalized spacial score (nSPS) is 20.8. The van der Waals surface area contributed by atoms with E-state index in [4.69, 9.17) is 10.8 Å². The lowest BCUT2D eigenvalue weighted by Crippen LogP contribution is -2.24. The summed E-state index contributed by atoms with van der Waals surface area (Å²) in [6.45, 7) is 25.4. The summed E-state index contributed by atoms with van der Waals surface area (Å²) in [5.41, 5.74) is 9.80. The third-order valence-corrected chi connectivity index (χ3v) is 5.19. The number of nitrogen functional groups attached to an aromatic ring is 1. The van der Waals surface area contributed by atoms with Crippen LogP contribution in [0.1, 0.15) is 86.3 Å². The molecule has 1 heterocycles. The SMILES string of the molecule is C=C/C(=C\C(=C)C1CCC(c2cc(N)n(C(C)(C)C)n2)C1)C(C)(C)C.CC. The highest BCUT2D eigenvalue weighted by molar-refractivity contribution is 5.36. The van der Waals surface area contributed by atoms with Gasteiger partial charge in [-0.3, -0.25) is 0 Å². The quantitative estimate of drug-likeness (QED) is 0.588. The molecule has 1 aromatic rings. The second-order valence-corrected chi connectivity index (χ2v) is 9.41. The summed E-state index contributed by atoms with van der Waals surface area (Å²) in [4.78, 5) is 0. The maximum Gasteiger partial charge on any atom is 0.122 e. The number of anilines is 1. The number of hydrogen-bond acceptors (Lipinski definition) is 2. The molecule has 0 saturated heterocycles. The monoisotopic (exact) mass is 371 g/mol. The molecule has 2 unspecified atom stereocenters. The minimum Gasteiger partial charge on any atom is -0.384 e. The molecular weight excluding hydrogens is 330 g/mol. The van der Waals surface area contributed by atoms with E-state index in [1.807, 2.05) is 24.6 Å². The van der Waals surface area contributed by atoms with Crippen molar-refractivity contribution in [1.82, 2.24) is 9.78 Å². The molecule has 2 atom stereocenters. The zero-order chi connectivity index (χ0) is 21.0. The van der Waals surface area contributed by atoms with E-state index in [0.29, 0.717) is 11.8 Å². The van der Waals surface area contributed by atoms with Crippen molar-refractivity contribution in [3.63, 3.8) is 0 Å². The van der Waals surface area contributed by atoms with Gasteiger partial charge in [0.2, 0.25) is 0 Å². The van der Waals surface area contributed by atoms with E-state index in [-0.39, 0.29) is 11.0 Å². The van der Waals surface area contributed by atoms with Crippen molar-refractivity contribution in [2.45, 2.75) is 86.1 Å². The van der Waals surface area contributed by atoms with Crippen LogP contribution in [0, 0.1) is 11.3 Å². The summed E-state index contributed by atoms with van der Waals surface area (Å²) in [5.74, 6) is 1.75. The molecule has 0 spiro atoms. The van der Waals surface area contributed by atoms with Crippen LogP contribution in [0.5, 0.6) is 0 Å². The second kappa shape index (κ2) is 8.95. The Bertz CT molecular complexity index is 677. The topological polar surface area (TPSA) is 43.8 Å². The van der Waals surface area contributed by atoms with Gasteiger partial charge in [-0.2, -0.15) is 5.10 Å². The van der Waals surface area contributed by atoms with Crippen LogP contribution in [0.15, 0.2) is 42.5 Å². The number of nitrogens with two attached hydrogens (primary N) is 1. The van der Waals surface area contributed by atoms with Crippen molar-refractivity contribution in [2.75, 3.05) is 5.73 Å². The van der Waals surface area contributed by atoms with Gasteiger partial charge in [0, 0.05) is 12.0 Å². The molecule has 0 amide bonds. The van der Waals surface area contributed by atoms with Crippen LogP contribution in [-0.4, -0.2) is 9.78 Å². The highest BCUT2D eigenvalue weighted by Crippen LogP contribution is 2.42. The van der Waals surface area contributed by atoms with Gasteiger partial charge in [0.1, 0.15) is 5.82 Å². The lowest BCUT2D eigenvalue weighted by atomic mass is 9.83. The van der Waals surface area contributed by atoms with Crippen LogP contribution in [-0.2, 0) is 5.54 Å². The van der Waals surface area contributed by atoms with Crippen molar-refractivity contribution in [1.29, 1.82) is 0 Å². The smallest absolute Gasteiger partial charge is 0.122 e. The molecule has 152 valence electrons. The van der Waals surface area contributed by atoms with Gasteiger partial charge in [0.05, 0.1) is 11.2 Å². The van der Waals surface area contributed by atoms with Gasteiger partial charge in [-0.15, -0.1) is 0 Å². The molecule has 2 N–H and O–H groups in total. The molecule has 0 bridgehead atoms. The molecule has 27 heavy (non-hydrogen) atoms. The molecule has 0 aromatic carbocycles. The molecular formula is C24H41N3. The molecule has 3 nitrogen and oxygen atoms in total. The molecule has 1 aromatic heterocycles. The minimum absolute atomic E-state index is 0.0851. The van der Waals surface area contributed by atoms with E-state index < -0.39 is 0 Å². The van der Waals surface area contributed by atoms with Crippen LogP contribution >= 0.6 is 0 Å². The first-order valence-corrected chi connectivity index (χ1v) is 10.3. The fourth-order valence-electron chi connectivity index (χ4n) is 3.64. The molecule has 2 rings (SSSR count). The Morgan fingerprint density at radius 3 is 2.22 bits per heavy atom. The minimum atomic E-state index is -0.0851. The Kier molecular flexibility index (Phi) is 7.71. The number of nitrogens with zero attached hydrogens (tertiary/aromatic N) is 2. The molecule has 1 saturated carbocycles. The number of allylic oxidation sites excluding steroid dienone is 4. The maximum absolute atomic E-state index is 6.18. The van der Waals surface area contributed by atoms with Crippen LogP contribution in [0.25, 0.3) is 0 Å². The molecule has 0 aliphatic heterocycles. The zero-order valence-electron chi connectivity index (χ0n) is 18.9. The first kappa shape index (κ1) is 23.3. The Labute approximate surface area is 167 Å². The molecule has 1 aliphatic carbocycles. The predicted octanol–water partition coefficient (Wildman–Crippen LogP) is 6.84. The first-order chi connectivity index (χ1) is 12.4. The standard InChI is InChI=1S/C22H35N3.C2H6/c1-9-18(21(3,4)5)12-15(2)16-10-11-17(13-16)19-14-20(23)25(24-19)22(6,7)8;1-2/h9,12,14,16-17H,1-2,10-11,13,23H2,3-8H3;1-2H3/b18-12+;. The summed E-state index contributed by atoms with van der Waals surface area (Å²) in [7, 11) is 0. The van der Waals surface area contributed by atoms with Gasteiger partial charge in [0.25, 0.3) is 0 Å². The van der Waals surface area contributed by atoms with Gasteiger partial charge >= 0.3 is 0 Å². The summed E-state index contributed by atoms with van der Waals surface area (Å²) in [5, 5.41) is 4.80. The van der Waals surface area contributed by atoms with E-state index in [1.165, 1.54) is 11.1 Å². The largest absolute Gasteiger partial charge is 0.384 e. The Hall–Kier alpha value is -1.77. The summed E-state index contributed by atoms with van der Waals surface area (Å²) in [6, 6.07) is 2.06. The Morgan fingerprint density at radius 2 is 1.78 bits per heavy atom. The zero-order valence-corrected chi connectivity index (χ0v) is 18.9. The van der Waals surface area contributed by atoms with Crippen LogP contribution in [0.4, 0.5) is 5.82 Å².